The molecule has 0 bridgehead atoms. The number of ether oxygens (including phenoxy) is 1. The molecule has 1 heterocycles. The molecule has 1 N–H and O–H groups in total. The molecule has 1 unspecified atom stereocenters. The Morgan fingerprint density at radius 3 is 2.62 bits per heavy atom. The van der Waals surface area contributed by atoms with E-state index in [1.807, 2.05) is 0 Å². The van der Waals surface area contributed by atoms with E-state index in [0.717, 1.165) is 54.0 Å². The summed E-state index contributed by atoms with van der Waals surface area (Å²) >= 11 is 3.58. The van der Waals surface area contributed by atoms with E-state index < -0.39 is 17.2 Å². The van der Waals surface area contributed by atoms with E-state index >= 15 is 0 Å². The normalized spacial score (nSPS) is 25.4. The second kappa shape index (κ2) is 9.92. The van der Waals surface area contributed by atoms with Crippen LogP contribution in [0, 0.1) is 11.3 Å². The van der Waals surface area contributed by atoms with Crippen molar-refractivity contribution >= 4 is 21.8 Å². The maximum absolute atomic E-state index is 14.0. The Hall–Kier alpha value is -2.06. The number of rotatable bonds is 5. The Morgan fingerprint density at radius 1 is 1.14 bits per heavy atom. The molecule has 3 atom stereocenters. The number of nitrogens with one attached hydrogen (secondary N) is 1. The van der Waals surface area contributed by atoms with Gasteiger partial charge >= 0.3 is 6.18 Å². The zero-order chi connectivity index (χ0) is 26.5. The number of methoxy groups -OCH3 is 1. The lowest BCUT2D eigenvalue weighted by atomic mass is 9.73. The summed E-state index contributed by atoms with van der Waals surface area (Å²) in [6.07, 6.45) is 0.661. The van der Waals surface area contributed by atoms with Crippen LogP contribution in [0.3, 0.4) is 0 Å². The van der Waals surface area contributed by atoms with Crippen LogP contribution < -0.4 is 10.1 Å². The summed E-state index contributed by atoms with van der Waals surface area (Å²) < 4.78 is 46.4. The number of nitrogens with zero attached hydrogens (tertiary/aromatic N) is 1. The fourth-order valence-electron chi connectivity index (χ4n) is 6.63. The number of halogens is 4. The number of carbonyl (C=O) groups is 1. The van der Waals surface area contributed by atoms with Gasteiger partial charge in [-0.25, -0.2) is 0 Å². The third-order valence-electron chi connectivity index (χ3n) is 8.84. The third-order valence-corrected chi connectivity index (χ3v) is 9.46. The van der Waals surface area contributed by atoms with Gasteiger partial charge in [-0.2, -0.15) is 13.2 Å². The van der Waals surface area contributed by atoms with Gasteiger partial charge in [-0.3, -0.25) is 4.79 Å². The molecular weight excluding hydrogens is 545 g/mol. The van der Waals surface area contributed by atoms with Crippen molar-refractivity contribution in [1.29, 1.82) is 0 Å². The molecule has 0 saturated heterocycles. The topological polar surface area (TPSA) is 41.6 Å². The van der Waals surface area contributed by atoms with Gasteiger partial charge in [0.1, 0.15) is 5.75 Å². The lowest BCUT2D eigenvalue weighted by Gasteiger charge is -2.40. The summed E-state index contributed by atoms with van der Waals surface area (Å²) in [4.78, 5) is 15.8. The predicted octanol–water partition coefficient (Wildman–Crippen LogP) is 6.83. The molecule has 1 saturated carbocycles. The van der Waals surface area contributed by atoms with E-state index in [4.69, 9.17) is 4.74 Å². The lowest BCUT2D eigenvalue weighted by Crippen LogP contribution is -2.48. The first-order valence-corrected chi connectivity index (χ1v) is 13.9. The van der Waals surface area contributed by atoms with Gasteiger partial charge in [-0.1, -0.05) is 19.9 Å². The van der Waals surface area contributed by atoms with Crippen LogP contribution in [0.5, 0.6) is 5.75 Å². The molecule has 2 aromatic carbocycles. The minimum Gasteiger partial charge on any atom is -0.496 e. The number of fused-ring (bicyclic) bond motifs is 2. The molecule has 0 radical (unpaired) electrons. The molecule has 37 heavy (non-hydrogen) atoms. The first-order chi connectivity index (χ1) is 17.5. The minimum absolute atomic E-state index is 0.0901. The minimum atomic E-state index is -4.39. The molecule has 2 aromatic rings. The molecule has 1 amide bonds. The Kier molecular flexibility index (Phi) is 7.11. The fraction of sp³-hybridized carbons (Fsp3) is 0.552. The van der Waals surface area contributed by atoms with Crippen LogP contribution in [0.2, 0.25) is 0 Å². The van der Waals surface area contributed by atoms with Gasteiger partial charge in [0.25, 0.3) is 0 Å². The second-order valence-electron chi connectivity index (χ2n) is 11.2. The molecule has 2 aliphatic carbocycles. The monoisotopic (exact) mass is 578 g/mol. The fourth-order valence-corrected chi connectivity index (χ4v) is 7.18. The van der Waals surface area contributed by atoms with Crippen LogP contribution in [-0.2, 0) is 30.4 Å². The molecule has 1 aliphatic heterocycles. The molecule has 3 aliphatic rings. The van der Waals surface area contributed by atoms with Gasteiger partial charge in [-0.05, 0) is 107 Å². The van der Waals surface area contributed by atoms with Crippen LogP contribution in [0.25, 0.3) is 0 Å². The van der Waals surface area contributed by atoms with Gasteiger partial charge in [-0.15, -0.1) is 0 Å². The van der Waals surface area contributed by atoms with Crippen molar-refractivity contribution in [2.24, 2.45) is 11.3 Å². The highest BCUT2D eigenvalue weighted by molar-refractivity contribution is 9.10. The SMILES string of the molecule is COc1cc2c(cc1Br)CCC2N[C@@H]1CC[C@@](C(=O)N2CCc3ccc(C(F)(F)F)cc3C2)(C(C)C)C1. The summed E-state index contributed by atoms with van der Waals surface area (Å²) in [6, 6.07) is 8.63. The zero-order valence-corrected chi connectivity index (χ0v) is 23.1. The number of carbonyl (C=O) groups excluding carboxylic acids is 1. The Morgan fingerprint density at radius 2 is 1.92 bits per heavy atom. The van der Waals surface area contributed by atoms with Crippen molar-refractivity contribution in [1.82, 2.24) is 10.2 Å². The van der Waals surface area contributed by atoms with E-state index in [1.54, 1.807) is 18.1 Å². The standard InChI is InChI=1S/C29H34BrF3N2O2/c1-17(2)28(27(36)35-11-9-18-4-6-21(29(31,32)33)12-20(18)16-35)10-8-22(15-28)34-25-7-5-19-13-24(30)26(37-3)14-23(19)25/h4,6,12-14,17,22,25,34H,5,7-11,15-16H2,1-3H3/t22-,25?,28+/m1/s1. The highest BCUT2D eigenvalue weighted by atomic mass is 79.9. The summed E-state index contributed by atoms with van der Waals surface area (Å²) in [6.45, 7) is 5.00. The maximum atomic E-state index is 14.0. The molecule has 5 rings (SSSR count). The predicted molar refractivity (Wildman–Crippen MR) is 140 cm³/mol. The van der Waals surface area contributed by atoms with Crippen molar-refractivity contribution in [3.63, 3.8) is 0 Å². The number of hydrogen-bond donors (Lipinski definition) is 1. The average molecular weight is 580 g/mol. The largest absolute Gasteiger partial charge is 0.496 e. The van der Waals surface area contributed by atoms with E-state index in [1.165, 1.54) is 17.2 Å². The van der Waals surface area contributed by atoms with Gasteiger partial charge in [0.2, 0.25) is 5.91 Å². The first-order valence-electron chi connectivity index (χ1n) is 13.1. The Bertz CT molecular complexity index is 1200. The molecule has 4 nitrogen and oxygen atoms in total. The van der Waals surface area contributed by atoms with E-state index in [0.29, 0.717) is 18.5 Å². The highest BCUT2D eigenvalue weighted by Crippen LogP contribution is 2.48. The van der Waals surface area contributed by atoms with Gasteiger partial charge < -0.3 is 15.0 Å². The highest BCUT2D eigenvalue weighted by Gasteiger charge is 2.50. The van der Waals surface area contributed by atoms with E-state index in [2.05, 4.69) is 47.2 Å². The van der Waals surface area contributed by atoms with E-state index in [9.17, 15) is 18.0 Å². The van der Waals surface area contributed by atoms with Crippen molar-refractivity contribution in [3.05, 3.63) is 62.6 Å². The lowest BCUT2D eigenvalue weighted by molar-refractivity contribution is -0.145. The van der Waals surface area contributed by atoms with Crippen molar-refractivity contribution in [2.75, 3.05) is 13.7 Å². The van der Waals surface area contributed by atoms with Crippen molar-refractivity contribution in [3.8, 4) is 5.75 Å². The smallest absolute Gasteiger partial charge is 0.416 e. The number of aryl methyl sites for hydroxylation is 1. The number of amides is 1. The van der Waals surface area contributed by atoms with Crippen molar-refractivity contribution in [2.45, 2.75) is 77.2 Å². The summed E-state index contributed by atoms with van der Waals surface area (Å²) in [5.41, 5.74) is 2.95. The van der Waals surface area contributed by atoms with Crippen LogP contribution >= 0.6 is 15.9 Å². The van der Waals surface area contributed by atoms with Crippen LogP contribution in [-0.4, -0.2) is 30.5 Å². The third kappa shape index (κ3) is 4.91. The molecule has 200 valence electrons. The zero-order valence-electron chi connectivity index (χ0n) is 21.6. The number of hydrogen-bond acceptors (Lipinski definition) is 3. The molecule has 8 heteroatoms. The van der Waals surface area contributed by atoms with Crippen LogP contribution in [0.4, 0.5) is 13.2 Å². The molecule has 0 spiro atoms. The number of alkyl halides is 3. The molecular formula is C29H34BrF3N2O2. The van der Waals surface area contributed by atoms with Gasteiger partial charge in [0, 0.05) is 25.2 Å². The average Bonchev–Trinajstić information content (AvgIpc) is 3.47. The second-order valence-corrected chi connectivity index (χ2v) is 12.0. The van der Waals surface area contributed by atoms with Gasteiger partial charge in [0.15, 0.2) is 0 Å². The maximum Gasteiger partial charge on any atom is 0.416 e. The van der Waals surface area contributed by atoms with Crippen LogP contribution in [0.1, 0.15) is 73.4 Å². The van der Waals surface area contributed by atoms with Crippen molar-refractivity contribution < 1.29 is 22.7 Å². The first kappa shape index (κ1) is 26.5. The van der Waals surface area contributed by atoms with E-state index in [-0.39, 0.29) is 30.5 Å². The molecule has 0 aromatic heterocycles. The summed E-state index contributed by atoms with van der Waals surface area (Å²) in [5, 5.41) is 3.85. The quantitative estimate of drug-likeness (QED) is 0.422. The summed E-state index contributed by atoms with van der Waals surface area (Å²) in [7, 11) is 1.67. The van der Waals surface area contributed by atoms with Crippen LogP contribution in [0.15, 0.2) is 34.8 Å². The Labute approximate surface area is 225 Å². The van der Waals surface area contributed by atoms with Gasteiger partial charge in [0.05, 0.1) is 22.6 Å². The summed E-state index contributed by atoms with van der Waals surface area (Å²) in [5.74, 6) is 1.05. The Balaban J connectivity index is 1.31. The molecule has 1 fully saturated rings. The number of benzene rings is 2.